The molecule has 2 fully saturated rings. The first-order chi connectivity index (χ1) is 9.36. The molecule has 2 aliphatic rings. The van der Waals surface area contributed by atoms with Gasteiger partial charge in [0.2, 0.25) is 5.88 Å². The van der Waals surface area contributed by atoms with Crippen LogP contribution in [0.5, 0.6) is 5.88 Å². The van der Waals surface area contributed by atoms with Gasteiger partial charge in [-0.3, -0.25) is 0 Å². The van der Waals surface area contributed by atoms with E-state index < -0.39 is 0 Å². The van der Waals surface area contributed by atoms with Crippen LogP contribution in [0.4, 0.5) is 5.82 Å². The molecule has 1 saturated heterocycles. The quantitative estimate of drug-likeness (QED) is 0.880. The number of nitrogens with one attached hydrogen (secondary N) is 1. The van der Waals surface area contributed by atoms with Gasteiger partial charge >= 0.3 is 0 Å². The molecule has 3 rings (SSSR count). The summed E-state index contributed by atoms with van der Waals surface area (Å²) < 4.78 is 5.25. The fraction of sp³-hybridized carbons (Fsp3) is 0.667. The first-order valence-electron chi connectivity index (χ1n) is 7.35. The highest BCUT2D eigenvalue weighted by molar-refractivity contribution is 5.43. The fourth-order valence-corrected chi connectivity index (χ4v) is 2.84. The third kappa shape index (κ3) is 3.18. The minimum absolute atomic E-state index is 0.703. The van der Waals surface area contributed by atoms with E-state index in [1.165, 1.54) is 25.7 Å². The second-order valence-corrected chi connectivity index (χ2v) is 5.62. The molecular formula is C15H23N3O. The highest BCUT2D eigenvalue weighted by atomic mass is 16.5. The van der Waals surface area contributed by atoms with Crippen LogP contribution in [-0.2, 0) is 0 Å². The van der Waals surface area contributed by atoms with Crippen LogP contribution in [0.2, 0.25) is 0 Å². The Hall–Kier alpha value is -1.29. The van der Waals surface area contributed by atoms with E-state index in [1.807, 2.05) is 12.1 Å². The van der Waals surface area contributed by atoms with Crippen LogP contribution in [0, 0.1) is 5.92 Å². The van der Waals surface area contributed by atoms with E-state index in [4.69, 9.17) is 4.74 Å². The lowest BCUT2D eigenvalue weighted by molar-refractivity contribution is 0.370. The third-order valence-electron chi connectivity index (χ3n) is 4.11. The van der Waals surface area contributed by atoms with E-state index in [9.17, 15) is 0 Å². The molecule has 4 heteroatoms. The Morgan fingerprint density at radius 2 is 2.05 bits per heavy atom. The van der Waals surface area contributed by atoms with Gasteiger partial charge in [-0.1, -0.05) is 6.07 Å². The normalized spacial score (nSPS) is 20.3. The van der Waals surface area contributed by atoms with Crippen molar-refractivity contribution in [3.8, 4) is 5.88 Å². The summed E-state index contributed by atoms with van der Waals surface area (Å²) in [5.41, 5.74) is 0. The van der Waals surface area contributed by atoms with Crippen molar-refractivity contribution >= 4 is 5.82 Å². The molecule has 4 nitrogen and oxygen atoms in total. The lowest BCUT2D eigenvalue weighted by atomic mass is 9.97. The van der Waals surface area contributed by atoms with Gasteiger partial charge in [-0.05, 0) is 50.8 Å². The van der Waals surface area contributed by atoms with Crippen molar-refractivity contribution in [1.82, 2.24) is 10.3 Å². The summed E-state index contributed by atoms with van der Waals surface area (Å²) in [4.78, 5) is 7.10. The van der Waals surface area contributed by atoms with Crippen LogP contribution in [0.3, 0.4) is 0 Å². The highest BCUT2D eigenvalue weighted by Gasteiger charge is 2.32. The zero-order valence-electron chi connectivity index (χ0n) is 11.6. The zero-order valence-corrected chi connectivity index (χ0v) is 11.6. The molecule has 1 N–H and O–H groups in total. The number of anilines is 1. The third-order valence-corrected chi connectivity index (χ3v) is 4.11. The summed E-state index contributed by atoms with van der Waals surface area (Å²) in [5.74, 6) is 2.60. The van der Waals surface area contributed by atoms with Crippen molar-refractivity contribution in [2.24, 2.45) is 5.92 Å². The smallest absolute Gasteiger partial charge is 0.214 e. The molecule has 0 amide bonds. The van der Waals surface area contributed by atoms with E-state index in [0.29, 0.717) is 11.9 Å². The van der Waals surface area contributed by atoms with E-state index in [0.717, 1.165) is 31.4 Å². The summed E-state index contributed by atoms with van der Waals surface area (Å²) >= 11 is 0. The monoisotopic (exact) mass is 261 g/mol. The van der Waals surface area contributed by atoms with Gasteiger partial charge in [0.25, 0.3) is 0 Å². The molecule has 2 heterocycles. The number of pyridine rings is 1. The SMILES string of the molecule is COc1cccc(N(CC2CCNCC2)C2CC2)n1. The average Bonchev–Trinajstić information content (AvgIpc) is 3.30. The maximum Gasteiger partial charge on any atom is 0.214 e. The summed E-state index contributed by atoms with van der Waals surface area (Å²) in [6, 6.07) is 6.77. The second-order valence-electron chi connectivity index (χ2n) is 5.62. The van der Waals surface area contributed by atoms with Crippen LogP contribution in [0.1, 0.15) is 25.7 Å². The molecule has 1 aromatic heterocycles. The Morgan fingerprint density at radius 3 is 2.74 bits per heavy atom. The van der Waals surface area contributed by atoms with Crippen molar-refractivity contribution in [2.45, 2.75) is 31.7 Å². The Bertz CT molecular complexity index is 414. The van der Waals surface area contributed by atoms with E-state index in [1.54, 1.807) is 7.11 Å². The van der Waals surface area contributed by atoms with E-state index >= 15 is 0 Å². The predicted molar refractivity (Wildman–Crippen MR) is 76.8 cm³/mol. The predicted octanol–water partition coefficient (Wildman–Crippen LogP) is 2.06. The molecule has 1 saturated carbocycles. The number of aromatic nitrogens is 1. The van der Waals surface area contributed by atoms with Gasteiger partial charge in [0.1, 0.15) is 5.82 Å². The van der Waals surface area contributed by atoms with Gasteiger partial charge in [0, 0.05) is 18.7 Å². The van der Waals surface area contributed by atoms with Crippen LogP contribution >= 0.6 is 0 Å². The van der Waals surface area contributed by atoms with Crippen molar-refractivity contribution in [3.63, 3.8) is 0 Å². The second kappa shape index (κ2) is 5.78. The molecule has 19 heavy (non-hydrogen) atoms. The Kier molecular flexibility index (Phi) is 3.87. The van der Waals surface area contributed by atoms with E-state index in [2.05, 4.69) is 21.3 Å². The summed E-state index contributed by atoms with van der Waals surface area (Å²) in [5, 5.41) is 3.44. The molecule has 0 radical (unpaired) electrons. The first-order valence-corrected chi connectivity index (χ1v) is 7.35. The topological polar surface area (TPSA) is 37.4 Å². The summed E-state index contributed by atoms with van der Waals surface area (Å²) in [7, 11) is 1.68. The lowest BCUT2D eigenvalue weighted by Gasteiger charge is -2.31. The molecule has 0 atom stereocenters. The maximum absolute atomic E-state index is 5.25. The van der Waals surface area contributed by atoms with Gasteiger partial charge in [0.05, 0.1) is 7.11 Å². The molecule has 1 aliphatic heterocycles. The van der Waals surface area contributed by atoms with Gasteiger partial charge in [-0.2, -0.15) is 4.98 Å². The van der Waals surface area contributed by atoms with E-state index in [-0.39, 0.29) is 0 Å². The van der Waals surface area contributed by atoms with Gasteiger partial charge in [-0.25, -0.2) is 0 Å². The van der Waals surface area contributed by atoms with Crippen molar-refractivity contribution in [2.75, 3.05) is 31.6 Å². The lowest BCUT2D eigenvalue weighted by Crippen LogP contribution is -2.37. The number of rotatable bonds is 5. The highest BCUT2D eigenvalue weighted by Crippen LogP contribution is 2.33. The van der Waals surface area contributed by atoms with Gasteiger partial charge in [-0.15, -0.1) is 0 Å². The van der Waals surface area contributed by atoms with Gasteiger partial charge in [0.15, 0.2) is 0 Å². The van der Waals surface area contributed by atoms with Crippen LogP contribution < -0.4 is 15.0 Å². The zero-order chi connectivity index (χ0) is 13.1. The largest absolute Gasteiger partial charge is 0.481 e. The van der Waals surface area contributed by atoms with Crippen molar-refractivity contribution < 1.29 is 4.74 Å². The standard InChI is InChI=1S/C15H23N3O/c1-19-15-4-2-3-14(17-15)18(13-5-6-13)11-12-7-9-16-10-8-12/h2-4,12-13,16H,5-11H2,1H3. The summed E-state index contributed by atoms with van der Waals surface area (Å²) in [6.45, 7) is 3.47. The van der Waals surface area contributed by atoms with Gasteiger partial charge < -0.3 is 15.0 Å². The average molecular weight is 261 g/mol. The Balaban J connectivity index is 1.72. The Labute approximate surface area is 115 Å². The number of hydrogen-bond acceptors (Lipinski definition) is 4. The van der Waals surface area contributed by atoms with Crippen molar-refractivity contribution in [1.29, 1.82) is 0 Å². The first kappa shape index (κ1) is 12.7. The number of ether oxygens (including phenoxy) is 1. The fourth-order valence-electron chi connectivity index (χ4n) is 2.84. The number of methoxy groups -OCH3 is 1. The molecule has 1 aromatic rings. The van der Waals surface area contributed by atoms with Crippen molar-refractivity contribution in [3.05, 3.63) is 18.2 Å². The number of piperidine rings is 1. The van der Waals surface area contributed by atoms with Crippen LogP contribution in [0.25, 0.3) is 0 Å². The number of hydrogen-bond donors (Lipinski definition) is 1. The molecular weight excluding hydrogens is 238 g/mol. The van der Waals surface area contributed by atoms with Crippen LogP contribution in [-0.4, -0.2) is 37.8 Å². The molecule has 0 bridgehead atoms. The molecule has 104 valence electrons. The molecule has 0 spiro atoms. The van der Waals surface area contributed by atoms with Crippen LogP contribution in [0.15, 0.2) is 18.2 Å². The minimum atomic E-state index is 0.703. The minimum Gasteiger partial charge on any atom is -0.481 e. The molecule has 0 aromatic carbocycles. The Morgan fingerprint density at radius 1 is 1.26 bits per heavy atom. The maximum atomic E-state index is 5.25. The number of nitrogens with zero attached hydrogens (tertiary/aromatic N) is 2. The molecule has 1 aliphatic carbocycles. The molecule has 0 unspecified atom stereocenters. The summed E-state index contributed by atoms with van der Waals surface area (Å²) in [6.07, 6.45) is 5.19.